The van der Waals surface area contributed by atoms with E-state index in [0.29, 0.717) is 24.4 Å². The van der Waals surface area contributed by atoms with E-state index in [1.165, 1.54) is 5.56 Å². The Labute approximate surface area is 154 Å². The Bertz CT molecular complexity index is 771. The highest BCUT2D eigenvalue weighted by Crippen LogP contribution is 2.26. The molecule has 5 nitrogen and oxygen atoms in total. The summed E-state index contributed by atoms with van der Waals surface area (Å²) >= 11 is 0. The fraction of sp³-hybridized carbons (Fsp3) is 0.333. The molecule has 26 heavy (non-hydrogen) atoms. The van der Waals surface area contributed by atoms with Crippen molar-refractivity contribution in [1.82, 2.24) is 0 Å². The summed E-state index contributed by atoms with van der Waals surface area (Å²) in [6.45, 7) is 3.56. The van der Waals surface area contributed by atoms with Gasteiger partial charge in [-0.1, -0.05) is 25.1 Å². The molecule has 1 aliphatic rings. The normalized spacial score (nSPS) is 13.0. The molecule has 0 aliphatic carbocycles. The highest BCUT2D eigenvalue weighted by atomic mass is 16.5. The lowest BCUT2D eigenvalue weighted by atomic mass is 10.0. The molecule has 0 atom stereocenters. The van der Waals surface area contributed by atoms with Crippen LogP contribution in [0, 0.1) is 0 Å². The van der Waals surface area contributed by atoms with Gasteiger partial charge in [-0.05, 0) is 55.2 Å². The van der Waals surface area contributed by atoms with Crippen molar-refractivity contribution in [2.75, 3.05) is 29.9 Å². The van der Waals surface area contributed by atoms with Crippen LogP contribution in [0.15, 0.2) is 48.5 Å². The van der Waals surface area contributed by atoms with Crippen molar-refractivity contribution in [1.29, 1.82) is 0 Å². The molecule has 0 unspecified atom stereocenters. The summed E-state index contributed by atoms with van der Waals surface area (Å²) in [5.74, 6) is -0.405. The predicted octanol–water partition coefficient (Wildman–Crippen LogP) is 3.64. The smallest absolute Gasteiger partial charge is 0.338 e. The van der Waals surface area contributed by atoms with Crippen molar-refractivity contribution in [3.63, 3.8) is 0 Å². The number of para-hydroxylation sites is 1. The van der Waals surface area contributed by atoms with Gasteiger partial charge in [0.15, 0.2) is 0 Å². The number of amides is 1. The summed E-state index contributed by atoms with van der Waals surface area (Å²) in [7, 11) is 0. The summed E-state index contributed by atoms with van der Waals surface area (Å²) < 4.78 is 5.10. The highest BCUT2D eigenvalue weighted by Gasteiger charge is 2.18. The topological polar surface area (TPSA) is 58.6 Å². The van der Waals surface area contributed by atoms with Crippen molar-refractivity contribution in [3.05, 3.63) is 59.7 Å². The van der Waals surface area contributed by atoms with Crippen molar-refractivity contribution >= 4 is 23.3 Å². The van der Waals surface area contributed by atoms with E-state index in [4.69, 9.17) is 4.74 Å². The molecule has 2 aromatic rings. The quantitative estimate of drug-likeness (QED) is 0.807. The van der Waals surface area contributed by atoms with Gasteiger partial charge in [0.05, 0.1) is 18.7 Å². The van der Waals surface area contributed by atoms with E-state index in [0.717, 1.165) is 31.5 Å². The number of carbonyl (C=O) groups excluding carboxylic acids is 2. The minimum absolute atomic E-state index is 0.0667. The monoisotopic (exact) mass is 352 g/mol. The van der Waals surface area contributed by atoms with Gasteiger partial charge in [-0.2, -0.15) is 0 Å². The Morgan fingerprint density at radius 2 is 1.88 bits per heavy atom. The third-order valence-corrected chi connectivity index (χ3v) is 4.38. The second-order valence-corrected chi connectivity index (χ2v) is 6.42. The van der Waals surface area contributed by atoms with E-state index in [1.807, 2.05) is 19.1 Å². The molecular weight excluding hydrogens is 328 g/mol. The fourth-order valence-corrected chi connectivity index (χ4v) is 3.12. The van der Waals surface area contributed by atoms with Gasteiger partial charge in [0.2, 0.25) is 5.91 Å². The molecule has 1 aliphatic heterocycles. The van der Waals surface area contributed by atoms with E-state index in [1.54, 1.807) is 24.3 Å². The number of nitrogens with one attached hydrogen (secondary N) is 1. The van der Waals surface area contributed by atoms with Crippen LogP contribution in [-0.4, -0.2) is 31.6 Å². The molecule has 0 radical (unpaired) electrons. The van der Waals surface area contributed by atoms with Gasteiger partial charge in [-0.15, -0.1) is 0 Å². The Hall–Kier alpha value is -2.82. The van der Waals surface area contributed by atoms with Gasteiger partial charge < -0.3 is 15.0 Å². The van der Waals surface area contributed by atoms with Crippen LogP contribution in [0.3, 0.4) is 0 Å². The van der Waals surface area contributed by atoms with Crippen LogP contribution < -0.4 is 10.2 Å². The number of aryl methyl sites for hydroxylation is 1. The predicted molar refractivity (Wildman–Crippen MR) is 103 cm³/mol. The summed E-state index contributed by atoms with van der Waals surface area (Å²) in [6, 6.07) is 15.0. The van der Waals surface area contributed by atoms with Crippen LogP contribution in [0.5, 0.6) is 0 Å². The van der Waals surface area contributed by atoms with Crippen LogP contribution >= 0.6 is 0 Å². The first-order valence-corrected chi connectivity index (χ1v) is 9.07. The average Bonchev–Trinajstić information content (AvgIpc) is 2.67. The van der Waals surface area contributed by atoms with E-state index in [9.17, 15) is 9.59 Å². The summed E-state index contributed by atoms with van der Waals surface area (Å²) in [5.41, 5.74) is 3.60. The second-order valence-electron chi connectivity index (χ2n) is 6.42. The zero-order valence-electron chi connectivity index (χ0n) is 15.0. The van der Waals surface area contributed by atoms with Gasteiger partial charge in [0.25, 0.3) is 0 Å². The lowest BCUT2D eigenvalue weighted by molar-refractivity contribution is -0.115. The van der Waals surface area contributed by atoms with Crippen LogP contribution in [0.25, 0.3) is 0 Å². The molecule has 136 valence electrons. The molecule has 5 heteroatoms. The zero-order chi connectivity index (χ0) is 18.4. The molecule has 1 heterocycles. The maximum Gasteiger partial charge on any atom is 0.338 e. The SMILES string of the molecule is CCCOC(=O)c1ccc(NC(=O)CN2CCCc3ccccc32)cc1. The number of benzene rings is 2. The molecule has 3 rings (SSSR count). The Kier molecular flexibility index (Phi) is 5.89. The highest BCUT2D eigenvalue weighted by molar-refractivity contribution is 5.95. The number of ether oxygens (including phenoxy) is 1. The molecule has 0 fully saturated rings. The minimum Gasteiger partial charge on any atom is -0.462 e. The molecule has 0 bridgehead atoms. The van der Waals surface area contributed by atoms with Crippen LogP contribution in [0.1, 0.15) is 35.7 Å². The lowest BCUT2D eigenvalue weighted by Gasteiger charge is -2.30. The number of esters is 1. The average molecular weight is 352 g/mol. The van der Waals surface area contributed by atoms with Crippen LogP contribution in [-0.2, 0) is 16.0 Å². The van der Waals surface area contributed by atoms with Crippen LogP contribution in [0.4, 0.5) is 11.4 Å². The Balaban J connectivity index is 1.58. The van der Waals surface area contributed by atoms with E-state index in [-0.39, 0.29) is 11.9 Å². The molecule has 0 saturated carbocycles. The van der Waals surface area contributed by atoms with Gasteiger partial charge in [0.1, 0.15) is 0 Å². The van der Waals surface area contributed by atoms with Gasteiger partial charge in [-0.3, -0.25) is 4.79 Å². The van der Waals surface area contributed by atoms with Gasteiger partial charge in [-0.25, -0.2) is 4.79 Å². The summed E-state index contributed by atoms with van der Waals surface area (Å²) in [6.07, 6.45) is 2.91. The lowest BCUT2D eigenvalue weighted by Crippen LogP contribution is -2.36. The van der Waals surface area contributed by atoms with Crippen molar-refractivity contribution in [3.8, 4) is 0 Å². The van der Waals surface area contributed by atoms with Gasteiger partial charge >= 0.3 is 5.97 Å². The van der Waals surface area contributed by atoms with Gasteiger partial charge in [0, 0.05) is 17.9 Å². The Morgan fingerprint density at radius 3 is 2.65 bits per heavy atom. The first-order valence-electron chi connectivity index (χ1n) is 9.07. The minimum atomic E-state index is -0.338. The number of carbonyl (C=O) groups is 2. The van der Waals surface area contributed by atoms with Crippen molar-refractivity contribution in [2.24, 2.45) is 0 Å². The summed E-state index contributed by atoms with van der Waals surface area (Å²) in [4.78, 5) is 26.3. The second kappa shape index (κ2) is 8.52. The number of anilines is 2. The number of fused-ring (bicyclic) bond motifs is 1. The number of nitrogens with zero attached hydrogens (tertiary/aromatic N) is 1. The molecule has 2 aromatic carbocycles. The summed E-state index contributed by atoms with van der Waals surface area (Å²) in [5, 5.41) is 2.90. The Morgan fingerprint density at radius 1 is 1.12 bits per heavy atom. The number of hydrogen-bond acceptors (Lipinski definition) is 4. The standard InChI is InChI=1S/C21H24N2O3/c1-2-14-26-21(25)17-9-11-18(12-10-17)22-20(24)15-23-13-5-7-16-6-3-4-8-19(16)23/h3-4,6,8-12H,2,5,7,13-15H2,1H3,(H,22,24). The maximum atomic E-state index is 12.4. The van der Waals surface area contributed by atoms with Crippen LogP contribution in [0.2, 0.25) is 0 Å². The maximum absolute atomic E-state index is 12.4. The molecule has 0 saturated heterocycles. The van der Waals surface area contributed by atoms with Crippen molar-refractivity contribution < 1.29 is 14.3 Å². The molecule has 1 N–H and O–H groups in total. The number of rotatable bonds is 6. The van der Waals surface area contributed by atoms with E-state index >= 15 is 0 Å². The third kappa shape index (κ3) is 4.42. The van der Waals surface area contributed by atoms with E-state index in [2.05, 4.69) is 22.3 Å². The van der Waals surface area contributed by atoms with Crippen molar-refractivity contribution in [2.45, 2.75) is 26.2 Å². The van der Waals surface area contributed by atoms with E-state index < -0.39 is 0 Å². The first-order chi connectivity index (χ1) is 12.7. The zero-order valence-corrected chi connectivity index (χ0v) is 15.0. The molecule has 1 amide bonds. The fourth-order valence-electron chi connectivity index (χ4n) is 3.12. The third-order valence-electron chi connectivity index (χ3n) is 4.38. The molecule has 0 aromatic heterocycles. The molecule has 0 spiro atoms. The molecular formula is C21H24N2O3. The number of hydrogen-bond donors (Lipinski definition) is 1. The largest absolute Gasteiger partial charge is 0.462 e. The first kappa shape index (κ1) is 18.0.